The number of aliphatic carboxylic acids is 1. The van der Waals surface area contributed by atoms with Crippen LogP contribution in [0.15, 0.2) is 12.3 Å². The van der Waals surface area contributed by atoms with Gasteiger partial charge in [-0.3, -0.25) is 4.98 Å². The number of pyridine rings is 1. The maximum Gasteiger partial charge on any atom is 0.129 e. The van der Waals surface area contributed by atoms with E-state index in [-0.39, 0.29) is 6.42 Å². The molecule has 1 rings (SSSR count). The molecule has 0 aromatic carbocycles. The van der Waals surface area contributed by atoms with Crippen LogP contribution in [0.4, 0.5) is 0 Å². The van der Waals surface area contributed by atoms with Crippen molar-refractivity contribution in [1.82, 2.24) is 4.98 Å². The predicted octanol–water partition coefficient (Wildman–Crippen LogP) is -0.194. The van der Waals surface area contributed by atoms with Crippen molar-refractivity contribution in [3.05, 3.63) is 29.1 Å². The van der Waals surface area contributed by atoms with Gasteiger partial charge in [0.2, 0.25) is 0 Å². The van der Waals surface area contributed by atoms with Gasteiger partial charge in [0, 0.05) is 11.9 Å². The second-order valence-electron chi connectivity index (χ2n) is 3.51. The highest BCUT2D eigenvalue weighted by molar-refractivity contribution is 5.85. The van der Waals surface area contributed by atoms with Crippen molar-refractivity contribution in [2.75, 3.05) is 0 Å². The van der Waals surface area contributed by atoms with Crippen molar-refractivity contribution in [1.29, 1.82) is 0 Å². The number of aromatic nitrogens is 1. The molecule has 4 nitrogen and oxygen atoms in total. The molecule has 1 heterocycles. The van der Waals surface area contributed by atoms with E-state index >= 15 is 0 Å². The van der Waals surface area contributed by atoms with Gasteiger partial charge in [-0.1, -0.05) is 6.07 Å². The Hall–Kier alpha value is -1.71. The minimum Gasteiger partial charge on any atom is -0.549 e. The van der Waals surface area contributed by atoms with E-state index in [0.717, 1.165) is 16.8 Å². The molecule has 0 aliphatic carbocycles. The molecule has 0 N–H and O–H groups in total. The standard InChI is InChI=1S/C11H13NO3/c1-7-3-9(5-12-8(7)2)4-10(6-13)11(14)15/h3,5-6,10H,4H2,1-2H3,(H,14,15)/p-1. The quantitative estimate of drug-likeness (QED) is 0.505. The largest absolute Gasteiger partial charge is 0.549 e. The zero-order chi connectivity index (χ0) is 11.4. The third kappa shape index (κ3) is 2.87. The summed E-state index contributed by atoms with van der Waals surface area (Å²) in [6.07, 6.45) is 2.12. The first kappa shape index (κ1) is 11.4. The van der Waals surface area contributed by atoms with E-state index < -0.39 is 11.9 Å². The van der Waals surface area contributed by atoms with Crippen LogP contribution < -0.4 is 5.11 Å². The Bertz CT molecular complexity index is 387. The van der Waals surface area contributed by atoms with Gasteiger partial charge in [0.15, 0.2) is 0 Å². The SMILES string of the molecule is Cc1cc(CC(C=O)C(=O)[O-])cnc1C. The number of nitrogens with zero attached hydrogens (tertiary/aromatic N) is 1. The van der Waals surface area contributed by atoms with Crippen molar-refractivity contribution in [2.45, 2.75) is 20.3 Å². The number of rotatable bonds is 4. The van der Waals surface area contributed by atoms with Crippen LogP contribution in [0.2, 0.25) is 0 Å². The average Bonchev–Trinajstić information content (AvgIpc) is 2.19. The normalized spacial score (nSPS) is 12.1. The topological polar surface area (TPSA) is 70.1 Å². The highest BCUT2D eigenvalue weighted by atomic mass is 16.4. The van der Waals surface area contributed by atoms with E-state index in [1.54, 1.807) is 6.20 Å². The van der Waals surface area contributed by atoms with Gasteiger partial charge in [-0.15, -0.1) is 0 Å². The Balaban J connectivity index is 2.84. The molecule has 1 unspecified atom stereocenters. The molecular weight excluding hydrogens is 194 g/mol. The number of carbonyl (C=O) groups is 2. The van der Waals surface area contributed by atoms with Crippen molar-refractivity contribution in [3.8, 4) is 0 Å². The van der Waals surface area contributed by atoms with E-state index in [4.69, 9.17) is 0 Å². The first-order valence-corrected chi connectivity index (χ1v) is 4.63. The fourth-order valence-corrected chi connectivity index (χ4v) is 1.25. The Morgan fingerprint density at radius 2 is 2.27 bits per heavy atom. The molecule has 0 aliphatic rings. The molecule has 0 bridgehead atoms. The van der Waals surface area contributed by atoms with Crippen molar-refractivity contribution in [2.24, 2.45) is 5.92 Å². The molecule has 0 radical (unpaired) electrons. The molecule has 1 aromatic rings. The van der Waals surface area contributed by atoms with Gasteiger partial charge in [-0.05, 0) is 31.4 Å². The van der Waals surface area contributed by atoms with Crippen LogP contribution in [0, 0.1) is 19.8 Å². The number of hydrogen-bond acceptors (Lipinski definition) is 4. The summed E-state index contributed by atoms with van der Waals surface area (Å²) in [7, 11) is 0. The van der Waals surface area contributed by atoms with Gasteiger partial charge in [-0.25, -0.2) is 0 Å². The first-order chi connectivity index (χ1) is 7.04. The van der Waals surface area contributed by atoms with Gasteiger partial charge in [0.25, 0.3) is 0 Å². The summed E-state index contributed by atoms with van der Waals surface area (Å²) in [4.78, 5) is 25.1. The Morgan fingerprint density at radius 3 is 2.73 bits per heavy atom. The fourth-order valence-electron chi connectivity index (χ4n) is 1.25. The molecule has 0 spiro atoms. The van der Waals surface area contributed by atoms with E-state index in [0.29, 0.717) is 6.29 Å². The number of aldehydes is 1. The van der Waals surface area contributed by atoms with Gasteiger partial charge in [0.05, 0.1) is 11.9 Å². The summed E-state index contributed by atoms with van der Waals surface area (Å²) in [5.74, 6) is -2.43. The van der Waals surface area contributed by atoms with Crippen LogP contribution >= 0.6 is 0 Å². The lowest BCUT2D eigenvalue weighted by atomic mass is 10.0. The van der Waals surface area contributed by atoms with Gasteiger partial charge in [0.1, 0.15) is 6.29 Å². The van der Waals surface area contributed by atoms with E-state index in [2.05, 4.69) is 4.98 Å². The van der Waals surface area contributed by atoms with Gasteiger partial charge in [-0.2, -0.15) is 0 Å². The smallest absolute Gasteiger partial charge is 0.129 e. The van der Waals surface area contributed by atoms with Crippen LogP contribution in [-0.2, 0) is 16.0 Å². The van der Waals surface area contributed by atoms with Crippen LogP contribution in [0.5, 0.6) is 0 Å². The molecule has 1 atom stereocenters. The molecule has 1 aromatic heterocycles. The summed E-state index contributed by atoms with van der Waals surface area (Å²) in [5.41, 5.74) is 2.62. The fraction of sp³-hybridized carbons (Fsp3) is 0.364. The molecule has 0 saturated heterocycles. The molecule has 0 saturated carbocycles. The number of aryl methyl sites for hydroxylation is 2. The third-order valence-corrected chi connectivity index (χ3v) is 2.32. The molecule has 4 heteroatoms. The number of carboxylic acids is 1. The lowest BCUT2D eigenvalue weighted by molar-refractivity contribution is -0.309. The molecule has 0 fully saturated rings. The minimum absolute atomic E-state index is 0.139. The molecule has 0 aliphatic heterocycles. The lowest BCUT2D eigenvalue weighted by Crippen LogP contribution is -2.33. The van der Waals surface area contributed by atoms with E-state index in [9.17, 15) is 14.7 Å². The molecular formula is C11H12NO3-. The van der Waals surface area contributed by atoms with Crippen molar-refractivity contribution in [3.63, 3.8) is 0 Å². The minimum atomic E-state index is -1.34. The summed E-state index contributed by atoms with van der Waals surface area (Å²) in [6.45, 7) is 3.76. The van der Waals surface area contributed by atoms with E-state index in [1.807, 2.05) is 19.9 Å². The van der Waals surface area contributed by atoms with Gasteiger partial charge >= 0.3 is 0 Å². The summed E-state index contributed by atoms with van der Waals surface area (Å²) < 4.78 is 0. The van der Waals surface area contributed by atoms with Gasteiger partial charge < -0.3 is 14.7 Å². The monoisotopic (exact) mass is 206 g/mol. The Labute approximate surface area is 88.0 Å². The van der Waals surface area contributed by atoms with Crippen LogP contribution in [0.1, 0.15) is 16.8 Å². The maximum absolute atomic E-state index is 10.5. The van der Waals surface area contributed by atoms with Crippen molar-refractivity contribution >= 4 is 12.3 Å². The number of carbonyl (C=O) groups excluding carboxylic acids is 2. The highest BCUT2D eigenvalue weighted by Gasteiger charge is 2.10. The predicted molar refractivity (Wildman–Crippen MR) is 52.0 cm³/mol. The zero-order valence-corrected chi connectivity index (χ0v) is 8.69. The lowest BCUT2D eigenvalue weighted by Gasteiger charge is -2.11. The van der Waals surface area contributed by atoms with E-state index in [1.165, 1.54) is 0 Å². The average molecular weight is 206 g/mol. The second kappa shape index (κ2) is 4.68. The first-order valence-electron chi connectivity index (χ1n) is 4.63. The second-order valence-corrected chi connectivity index (χ2v) is 3.51. The summed E-state index contributed by atoms with van der Waals surface area (Å²) in [6, 6.07) is 1.84. The number of carboxylic acid groups (broad SMARTS) is 1. The Morgan fingerprint density at radius 1 is 1.60 bits per heavy atom. The summed E-state index contributed by atoms with van der Waals surface area (Å²) in [5, 5.41) is 10.5. The maximum atomic E-state index is 10.5. The van der Waals surface area contributed by atoms with Crippen LogP contribution in [0.3, 0.4) is 0 Å². The van der Waals surface area contributed by atoms with Crippen molar-refractivity contribution < 1.29 is 14.7 Å². The summed E-state index contributed by atoms with van der Waals surface area (Å²) >= 11 is 0. The molecule has 80 valence electrons. The zero-order valence-electron chi connectivity index (χ0n) is 8.69. The highest BCUT2D eigenvalue weighted by Crippen LogP contribution is 2.10. The van der Waals surface area contributed by atoms with Crippen LogP contribution in [-0.4, -0.2) is 17.2 Å². The molecule has 0 amide bonds. The Kier molecular flexibility index (Phi) is 3.55. The van der Waals surface area contributed by atoms with Crippen LogP contribution in [0.25, 0.3) is 0 Å². The third-order valence-electron chi connectivity index (χ3n) is 2.32. The molecule has 15 heavy (non-hydrogen) atoms. The number of hydrogen-bond donors (Lipinski definition) is 0.